The fraction of sp³-hybridized carbons (Fsp3) is 0.632. The Morgan fingerprint density at radius 1 is 1.15 bits per heavy atom. The van der Waals surface area contributed by atoms with Gasteiger partial charge >= 0.3 is 6.61 Å². The van der Waals surface area contributed by atoms with Crippen molar-refractivity contribution in [1.82, 2.24) is 10.6 Å². The van der Waals surface area contributed by atoms with Crippen molar-refractivity contribution in [2.75, 3.05) is 33.4 Å². The van der Waals surface area contributed by atoms with Crippen LogP contribution in [-0.4, -0.2) is 46.0 Å². The second-order valence-electron chi connectivity index (χ2n) is 6.24. The molecule has 0 bridgehead atoms. The highest BCUT2D eigenvalue weighted by Crippen LogP contribution is 2.29. The lowest BCUT2D eigenvalue weighted by Gasteiger charge is -2.15. The van der Waals surface area contributed by atoms with Crippen molar-refractivity contribution in [3.8, 4) is 11.5 Å². The highest BCUT2D eigenvalue weighted by Gasteiger charge is 2.11. The molecular weight excluding hydrogens is 356 g/mol. The fourth-order valence-electron chi connectivity index (χ4n) is 2.19. The number of hydrogen-bond donors (Lipinski definition) is 2. The van der Waals surface area contributed by atoms with E-state index in [1.807, 2.05) is 0 Å². The Kier molecular flexibility index (Phi) is 11.2. The molecule has 0 saturated carbocycles. The summed E-state index contributed by atoms with van der Waals surface area (Å²) in [7, 11) is 1.68. The quantitative estimate of drug-likeness (QED) is 0.327. The lowest BCUT2D eigenvalue weighted by atomic mass is 10.1. The minimum atomic E-state index is -2.89. The molecular formula is C19H31F2N3O3. The predicted molar refractivity (Wildman–Crippen MR) is 103 cm³/mol. The van der Waals surface area contributed by atoms with Gasteiger partial charge in [0, 0.05) is 26.7 Å². The first-order chi connectivity index (χ1) is 13.0. The van der Waals surface area contributed by atoms with Crippen molar-refractivity contribution in [2.24, 2.45) is 10.9 Å². The molecule has 0 radical (unpaired) electrons. The summed E-state index contributed by atoms with van der Waals surface area (Å²) < 4.78 is 40.3. The molecule has 2 N–H and O–H groups in total. The number of aliphatic imine (C=N–C) groups is 1. The van der Waals surface area contributed by atoms with Crippen molar-refractivity contribution >= 4 is 5.96 Å². The van der Waals surface area contributed by atoms with Gasteiger partial charge in [0.1, 0.15) is 0 Å². The summed E-state index contributed by atoms with van der Waals surface area (Å²) in [5, 5.41) is 6.33. The van der Waals surface area contributed by atoms with E-state index in [4.69, 9.17) is 9.47 Å². The zero-order chi connectivity index (χ0) is 20.1. The van der Waals surface area contributed by atoms with Crippen LogP contribution < -0.4 is 20.1 Å². The number of nitrogens with one attached hydrogen (secondary N) is 2. The van der Waals surface area contributed by atoms with Crippen molar-refractivity contribution in [3.05, 3.63) is 23.8 Å². The number of guanidine groups is 1. The van der Waals surface area contributed by atoms with Crippen LogP contribution in [0.5, 0.6) is 11.5 Å². The van der Waals surface area contributed by atoms with E-state index in [0.717, 1.165) is 18.6 Å². The Balaban J connectivity index is 2.46. The summed E-state index contributed by atoms with van der Waals surface area (Å²) in [5.41, 5.74) is 0.858. The van der Waals surface area contributed by atoms with Gasteiger partial charge in [-0.3, -0.25) is 4.99 Å². The van der Waals surface area contributed by atoms with E-state index in [1.165, 1.54) is 6.07 Å². The van der Waals surface area contributed by atoms with Gasteiger partial charge in [-0.05, 0) is 37.0 Å². The first-order valence-corrected chi connectivity index (χ1v) is 9.19. The second kappa shape index (κ2) is 13.1. The average molecular weight is 387 g/mol. The van der Waals surface area contributed by atoms with Gasteiger partial charge in [-0.25, -0.2) is 0 Å². The van der Waals surface area contributed by atoms with Crippen LogP contribution in [0.1, 0.15) is 32.8 Å². The Bertz CT molecular complexity index is 569. The standard InChI is InChI=1S/C19H31F2N3O3/c1-5-26-17-12-15(6-7-16(17)27-18(20)21)13-24-19(22-4)23-9-11-25-10-8-14(2)3/h6-7,12,14,18H,5,8-11,13H2,1-4H3,(H2,22,23,24). The molecule has 1 aromatic rings. The number of benzene rings is 1. The molecule has 0 aromatic heterocycles. The largest absolute Gasteiger partial charge is 0.490 e. The van der Waals surface area contributed by atoms with Crippen LogP contribution in [0.25, 0.3) is 0 Å². The van der Waals surface area contributed by atoms with Gasteiger partial charge in [0.05, 0.1) is 13.2 Å². The smallest absolute Gasteiger partial charge is 0.387 e. The van der Waals surface area contributed by atoms with E-state index < -0.39 is 6.61 Å². The van der Waals surface area contributed by atoms with Crippen molar-refractivity contribution in [2.45, 2.75) is 40.3 Å². The van der Waals surface area contributed by atoms with Crippen LogP contribution in [0.4, 0.5) is 8.78 Å². The molecule has 0 amide bonds. The molecule has 1 rings (SSSR count). The maximum atomic E-state index is 12.5. The summed E-state index contributed by atoms with van der Waals surface area (Å²) in [6.07, 6.45) is 1.04. The number of alkyl halides is 2. The Labute approximate surface area is 160 Å². The molecule has 0 aliphatic rings. The van der Waals surface area contributed by atoms with Crippen LogP contribution in [-0.2, 0) is 11.3 Å². The molecule has 0 atom stereocenters. The second-order valence-corrected chi connectivity index (χ2v) is 6.24. The summed E-state index contributed by atoms with van der Waals surface area (Å²) in [6.45, 7) is 6.03. The molecule has 1 aromatic carbocycles. The van der Waals surface area contributed by atoms with Gasteiger partial charge in [-0.1, -0.05) is 19.9 Å². The molecule has 6 nitrogen and oxygen atoms in total. The third-order valence-electron chi connectivity index (χ3n) is 3.59. The van der Waals surface area contributed by atoms with E-state index in [1.54, 1.807) is 26.1 Å². The van der Waals surface area contributed by atoms with Gasteiger partial charge in [-0.2, -0.15) is 8.78 Å². The first kappa shape index (κ1) is 23.0. The average Bonchev–Trinajstić information content (AvgIpc) is 2.62. The third-order valence-corrected chi connectivity index (χ3v) is 3.59. The number of hydrogen-bond acceptors (Lipinski definition) is 4. The van der Waals surface area contributed by atoms with E-state index in [-0.39, 0.29) is 5.75 Å². The van der Waals surface area contributed by atoms with Crippen LogP contribution in [0.2, 0.25) is 0 Å². The monoisotopic (exact) mass is 387 g/mol. The fourth-order valence-corrected chi connectivity index (χ4v) is 2.19. The van der Waals surface area contributed by atoms with Crippen LogP contribution in [0, 0.1) is 5.92 Å². The van der Waals surface area contributed by atoms with Gasteiger partial charge < -0.3 is 24.8 Å². The molecule has 0 aliphatic heterocycles. The molecule has 0 fully saturated rings. The molecule has 0 aliphatic carbocycles. The molecule has 0 spiro atoms. The lowest BCUT2D eigenvalue weighted by molar-refractivity contribution is -0.0514. The third kappa shape index (κ3) is 9.98. The predicted octanol–water partition coefficient (Wildman–Crippen LogP) is 3.41. The highest BCUT2D eigenvalue weighted by atomic mass is 19.3. The number of ether oxygens (including phenoxy) is 3. The van der Waals surface area contributed by atoms with E-state index in [2.05, 4.69) is 34.2 Å². The molecule has 8 heteroatoms. The maximum Gasteiger partial charge on any atom is 0.387 e. The number of nitrogens with zero attached hydrogens (tertiary/aromatic N) is 1. The van der Waals surface area contributed by atoms with Crippen LogP contribution in [0.15, 0.2) is 23.2 Å². The zero-order valence-electron chi connectivity index (χ0n) is 16.6. The molecule has 154 valence electrons. The Morgan fingerprint density at radius 3 is 2.56 bits per heavy atom. The van der Waals surface area contributed by atoms with Crippen molar-refractivity contribution in [1.29, 1.82) is 0 Å². The minimum Gasteiger partial charge on any atom is -0.490 e. The van der Waals surface area contributed by atoms with E-state index >= 15 is 0 Å². The normalized spacial score (nSPS) is 11.8. The van der Waals surface area contributed by atoms with E-state index in [9.17, 15) is 8.78 Å². The Morgan fingerprint density at radius 2 is 1.93 bits per heavy atom. The molecule has 27 heavy (non-hydrogen) atoms. The minimum absolute atomic E-state index is 0.0247. The van der Waals surface area contributed by atoms with Gasteiger partial charge in [-0.15, -0.1) is 0 Å². The topological polar surface area (TPSA) is 64.1 Å². The van der Waals surface area contributed by atoms with Crippen molar-refractivity contribution in [3.63, 3.8) is 0 Å². The van der Waals surface area contributed by atoms with Crippen molar-refractivity contribution < 1.29 is 23.0 Å². The lowest BCUT2D eigenvalue weighted by Crippen LogP contribution is -2.38. The zero-order valence-corrected chi connectivity index (χ0v) is 16.6. The summed E-state index contributed by atoms with van der Waals surface area (Å²) >= 11 is 0. The highest BCUT2D eigenvalue weighted by molar-refractivity contribution is 5.79. The number of halogens is 2. The summed E-state index contributed by atoms with van der Waals surface area (Å²) in [4.78, 5) is 4.15. The summed E-state index contributed by atoms with van der Waals surface area (Å²) in [5.74, 6) is 1.58. The van der Waals surface area contributed by atoms with Gasteiger partial charge in [0.25, 0.3) is 0 Å². The van der Waals surface area contributed by atoms with Crippen LogP contribution in [0.3, 0.4) is 0 Å². The van der Waals surface area contributed by atoms with Crippen LogP contribution >= 0.6 is 0 Å². The summed E-state index contributed by atoms with van der Waals surface area (Å²) in [6, 6.07) is 4.86. The molecule has 0 heterocycles. The maximum absolute atomic E-state index is 12.5. The number of rotatable bonds is 12. The first-order valence-electron chi connectivity index (χ1n) is 9.19. The molecule has 0 unspecified atom stereocenters. The molecule has 0 saturated heterocycles. The van der Waals surface area contributed by atoms with Gasteiger partial charge in [0.2, 0.25) is 0 Å². The Hall–Kier alpha value is -2.09. The van der Waals surface area contributed by atoms with E-state index in [0.29, 0.717) is 43.9 Å². The SMILES string of the molecule is CCOc1cc(CNC(=NC)NCCOCCC(C)C)ccc1OC(F)F. The van der Waals surface area contributed by atoms with Gasteiger partial charge in [0.15, 0.2) is 17.5 Å².